The number of aromatic nitrogens is 2. The molecule has 0 amide bonds. The van der Waals surface area contributed by atoms with Gasteiger partial charge < -0.3 is 19.5 Å². The highest BCUT2D eigenvalue weighted by Gasteiger charge is 2.17. The van der Waals surface area contributed by atoms with E-state index < -0.39 is 7.60 Å². The predicted molar refractivity (Wildman–Crippen MR) is 125 cm³/mol. The van der Waals surface area contributed by atoms with Crippen molar-refractivity contribution in [2.75, 3.05) is 12.7 Å². The summed E-state index contributed by atoms with van der Waals surface area (Å²) in [5, 5.41) is 11.7. The van der Waals surface area contributed by atoms with Gasteiger partial charge in [0, 0.05) is 18.5 Å². The Labute approximate surface area is 189 Å². The normalized spacial score (nSPS) is 12.7. The van der Waals surface area contributed by atoms with E-state index in [0.29, 0.717) is 37.2 Å². The first-order valence-electron chi connectivity index (χ1n) is 11.2. The van der Waals surface area contributed by atoms with Gasteiger partial charge in [-0.1, -0.05) is 62.2 Å². The second kappa shape index (κ2) is 12.1. The number of hydrogen-bond acceptors (Lipinski definition) is 5. The third-order valence-electron chi connectivity index (χ3n) is 5.40. The Kier molecular flexibility index (Phi) is 9.18. The Morgan fingerprint density at radius 3 is 2.47 bits per heavy atom. The van der Waals surface area contributed by atoms with E-state index in [-0.39, 0.29) is 6.16 Å². The van der Waals surface area contributed by atoms with E-state index in [9.17, 15) is 4.57 Å². The van der Waals surface area contributed by atoms with E-state index in [4.69, 9.17) is 14.2 Å². The Balaban J connectivity index is 1.55. The van der Waals surface area contributed by atoms with E-state index in [1.54, 1.807) is 0 Å². The molecule has 0 aliphatic rings. The van der Waals surface area contributed by atoms with Crippen LogP contribution in [0.2, 0.25) is 0 Å². The summed E-state index contributed by atoms with van der Waals surface area (Å²) in [4.78, 5) is 17.8. The van der Waals surface area contributed by atoms with Gasteiger partial charge in [-0.15, -0.1) is 10.2 Å². The molecule has 3 aromatic rings. The van der Waals surface area contributed by atoms with Crippen LogP contribution >= 0.6 is 7.60 Å². The van der Waals surface area contributed by atoms with Crippen molar-refractivity contribution < 1.29 is 18.8 Å². The molecule has 0 saturated heterocycles. The molecule has 1 aromatic heterocycles. The molecule has 3 rings (SSSR count). The van der Waals surface area contributed by atoms with Gasteiger partial charge in [-0.3, -0.25) is 4.57 Å². The summed E-state index contributed by atoms with van der Waals surface area (Å²) in [6.07, 6.45) is 4.48. The van der Waals surface area contributed by atoms with Gasteiger partial charge in [0.15, 0.2) is 0 Å². The van der Waals surface area contributed by atoms with Crippen molar-refractivity contribution in [3.05, 3.63) is 71.6 Å². The lowest BCUT2D eigenvalue weighted by Crippen LogP contribution is -2.15. The van der Waals surface area contributed by atoms with Gasteiger partial charge in [0.25, 0.3) is 0 Å². The predicted octanol–water partition coefficient (Wildman–Crippen LogP) is 4.91. The lowest BCUT2D eigenvalue weighted by Gasteiger charge is -2.15. The molecule has 1 heterocycles. The molecular formula is C24H32N3O4P. The third-order valence-corrected chi connectivity index (χ3v) is 6.30. The van der Waals surface area contributed by atoms with Crippen LogP contribution in [-0.4, -0.2) is 32.7 Å². The molecule has 8 heteroatoms. The molecule has 172 valence electrons. The quantitative estimate of drug-likeness (QED) is 0.247. The molecule has 0 saturated carbocycles. The number of nitrogens with one attached hydrogen (secondary N) is 1. The molecule has 0 spiro atoms. The SMILES string of the molecule is CCCCC(Cc1nnc(-c2ccc(CNCCCP(=O)(O)O)cc2)o1)c1ccccc1. The summed E-state index contributed by atoms with van der Waals surface area (Å²) in [6, 6.07) is 18.4. The minimum atomic E-state index is -3.91. The molecule has 0 bridgehead atoms. The summed E-state index contributed by atoms with van der Waals surface area (Å²) in [5.74, 6) is 1.53. The average molecular weight is 458 g/mol. The van der Waals surface area contributed by atoms with Crippen LogP contribution in [0.25, 0.3) is 11.5 Å². The smallest absolute Gasteiger partial charge is 0.325 e. The van der Waals surface area contributed by atoms with E-state index in [1.807, 2.05) is 30.3 Å². The van der Waals surface area contributed by atoms with Crippen LogP contribution in [0.5, 0.6) is 0 Å². The molecule has 1 unspecified atom stereocenters. The van der Waals surface area contributed by atoms with Crippen LogP contribution in [0.3, 0.4) is 0 Å². The molecule has 1 atom stereocenters. The molecule has 32 heavy (non-hydrogen) atoms. The molecule has 0 radical (unpaired) electrons. The largest absolute Gasteiger partial charge is 0.421 e. The highest BCUT2D eigenvalue weighted by atomic mass is 31.2. The van der Waals surface area contributed by atoms with Crippen LogP contribution in [0.15, 0.2) is 59.0 Å². The van der Waals surface area contributed by atoms with Crippen molar-refractivity contribution in [3.63, 3.8) is 0 Å². The molecule has 0 aliphatic carbocycles. The zero-order valence-electron chi connectivity index (χ0n) is 18.5. The van der Waals surface area contributed by atoms with Crippen LogP contribution in [0.1, 0.15) is 55.5 Å². The van der Waals surface area contributed by atoms with Gasteiger partial charge in [-0.25, -0.2) is 0 Å². The maximum Gasteiger partial charge on any atom is 0.325 e. The minimum absolute atomic E-state index is 0.0952. The van der Waals surface area contributed by atoms with Gasteiger partial charge >= 0.3 is 7.60 Å². The molecule has 0 aliphatic heterocycles. The number of rotatable bonds is 13. The van der Waals surface area contributed by atoms with Gasteiger partial charge in [-0.05, 0) is 48.6 Å². The second-order valence-electron chi connectivity index (χ2n) is 8.07. The van der Waals surface area contributed by atoms with Gasteiger partial charge in [0.1, 0.15) is 0 Å². The van der Waals surface area contributed by atoms with E-state index in [2.05, 4.69) is 46.7 Å². The Morgan fingerprint density at radius 2 is 1.78 bits per heavy atom. The van der Waals surface area contributed by atoms with Crippen LogP contribution in [-0.2, 0) is 17.5 Å². The first kappa shape index (κ1) is 24.3. The van der Waals surface area contributed by atoms with E-state index >= 15 is 0 Å². The Bertz CT molecular complexity index is 986. The van der Waals surface area contributed by atoms with Gasteiger partial charge in [0.2, 0.25) is 11.8 Å². The highest BCUT2D eigenvalue weighted by molar-refractivity contribution is 7.51. The zero-order chi connectivity index (χ0) is 22.8. The third kappa shape index (κ3) is 7.99. The topological polar surface area (TPSA) is 108 Å². The van der Waals surface area contributed by atoms with Crippen molar-refractivity contribution in [2.45, 2.75) is 51.5 Å². The number of benzene rings is 2. The minimum Gasteiger partial charge on any atom is -0.421 e. The van der Waals surface area contributed by atoms with Crippen molar-refractivity contribution in [1.82, 2.24) is 15.5 Å². The Hall–Kier alpha value is -2.31. The molecule has 2 aromatic carbocycles. The average Bonchev–Trinajstić information content (AvgIpc) is 3.25. The first-order chi connectivity index (χ1) is 15.4. The zero-order valence-corrected chi connectivity index (χ0v) is 19.4. The summed E-state index contributed by atoms with van der Waals surface area (Å²) in [7, 11) is -3.91. The van der Waals surface area contributed by atoms with E-state index in [1.165, 1.54) is 5.56 Å². The Morgan fingerprint density at radius 1 is 1.03 bits per heavy atom. The maximum absolute atomic E-state index is 10.9. The molecular weight excluding hydrogens is 425 g/mol. The fourth-order valence-corrected chi connectivity index (χ4v) is 4.20. The monoisotopic (exact) mass is 457 g/mol. The summed E-state index contributed by atoms with van der Waals surface area (Å²) in [6.45, 7) is 3.39. The standard InChI is InChI=1S/C24H32N3O4P/c1-2-3-8-22(20-9-5-4-6-10-20)17-23-26-27-24(31-23)21-13-11-19(12-14-21)18-25-15-7-16-32(28,29)30/h4-6,9-14,22,25H,2-3,7-8,15-18H2,1H3,(H2,28,29,30). The number of nitrogens with zero attached hydrogens (tertiary/aromatic N) is 2. The summed E-state index contributed by atoms with van der Waals surface area (Å²) >= 11 is 0. The maximum atomic E-state index is 10.9. The lowest BCUT2D eigenvalue weighted by molar-refractivity contribution is 0.371. The molecule has 0 fully saturated rings. The number of hydrogen-bond donors (Lipinski definition) is 3. The summed E-state index contributed by atoms with van der Waals surface area (Å²) in [5.41, 5.74) is 3.26. The van der Waals surface area contributed by atoms with Gasteiger partial charge in [-0.2, -0.15) is 0 Å². The summed E-state index contributed by atoms with van der Waals surface area (Å²) < 4.78 is 16.8. The molecule has 7 nitrogen and oxygen atoms in total. The first-order valence-corrected chi connectivity index (χ1v) is 13.0. The van der Waals surface area contributed by atoms with Gasteiger partial charge in [0.05, 0.1) is 6.16 Å². The van der Waals surface area contributed by atoms with E-state index in [0.717, 1.165) is 36.8 Å². The van der Waals surface area contributed by atoms with Crippen molar-refractivity contribution in [2.24, 2.45) is 0 Å². The number of unbranched alkanes of at least 4 members (excludes halogenated alkanes) is 1. The highest BCUT2D eigenvalue weighted by Crippen LogP contribution is 2.34. The van der Waals surface area contributed by atoms with Crippen molar-refractivity contribution in [1.29, 1.82) is 0 Å². The van der Waals surface area contributed by atoms with Crippen molar-refractivity contribution >= 4 is 7.60 Å². The molecule has 3 N–H and O–H groups in total. The fourth-order valence-electron chi connectivity index (χ4n) is 3.63. The van der Waals surface area contributed by atoms with Crippen LogP contribution in [0.4, 0.5) is 0 Å². The van der Waals surface area contributed by atoms with Crippen LogP contribution < -0.4 is 5.32 Å². The van der Waals surface area contributed by atoms with Crippen molar-refractivity contribution in [3.8, 4) is 11.5 Å². The lowest BCUT2D eigenvalue weighted by atomic mass is 9.91. The fraction of sp³-hybridized carbons (Fsp3) is 0.417. The van der Waals surface area contributed by atoms with Crippen LogP contribution in [0, 0.1) is 0 Å². The second-order valence-corrected chi connectivity index (χ2v) is 9.85.